The quantitative estimate of drug-likeness (QED) is 0.591. The van der Waals surface area contributed by atoms with Crippen LogP contribution in [0.1, 0.15) is 26.7 Å². The van der Waals surface area contributed by atoms with Crippen molar-refractivity contribution in [3.63, 3.8) is 0 Å². The third-order valence-corrected chi connectivity index (χ3v) is 1.17. The molecule has 0 fully saturated rings. The molecule has 0 spiro atoms. The Morgan fingerprint density at radius 1 is 1.38 bits per heavy atom. The maximum Gasteiger partial charge on any atom is 0.306 e. The van der Waals surface area contributed by atoms with E-state index in [4.69, 9.17) is 5.11 Å². The molecule has 0 aliphatic rings. The third-order valence-electron chi connectivity index (χ3n) is 1.17. The molecule has 0 heterocycles. The summed E-state index contributed by atoms with van der Waals surface area (Å²) in [7, 11) is 0. The van der Waals surface area contributed by atoms with E-state index in [1.165, 1.54) is 13.8 Å². The predicted molar refractivity (Wildman–Crippen MR) is 46.2 cm³/mol. The van der Waals surface area contributed by atoms with Crippen molar-refractivity contribution in [1.82, 2.24) is 0 Å². The summed E-state index contributed by atoms with van der Waals surface area (Å²) >= 11 is 0. The third kappa shape index (κ3) is 11.1. The lowest BCUT2D eigenvalue weighted by Crippen LogP contribution is -2.15. The number of carbonyl (C=O) groups is 2. The molecule has 0 bridgehead atoms. The molecule has 5 nitrogen and oxygen atoms in total. The fourth-order valence-electron chi connectivity index (χ4n) is 0.564. The monoisotopic (exact) mass is 192 g/mol. The molecule has 0 aromatic heterocycles. The highest BCUT2D eigenvalue weighted by molar-refractivity contribution is 5.80. The normalized spacial score (nSPS) is 11.3. The molecule has 0 saturated carbocycles. The van der Waals surface area contributed by atoms with Crippen LogP contribution >= 0.6 is 0 Å². The van der Waals surface area contributed by atoms with Crippen molar-refractivity contribution in [2.45, 2.75) is 32.8 Å². The molecule has 3 N–H and O–H groups in total. The van der Waals surface area contributed by atoms with Crippen LogP contribution in [0.2, 0.25) is 0 Å². The zero-order valence-electron chi connectivity index (χ0n) is 7.87. The summed E-state index contributed by atoms with van der Waals surface area (Å²) in [5.74, 6) is -0.477. The van der Waals surface area contributed by atoms with Gasteiger partial charge in [-0.15, -0.1) is 0 Å². The summed E-state index contributed by atoms with van der Waals surface area (Å²) in [5, 5.41) is 8.73. The van der Waals surface area contributed by atoms with Gasteiger partial charge in [-0.3, -0.25) is 4.79 Å². The summed E-state index contributed by atoms with van der Waals surface area (Å²) < 4.78 is 4.61. The molecule has 13 heavy (non-hydrogen) atoms. The van der Waals surface area contributed by atoms with Gasteiger partial charge in [0.15, 0.2) is 0 Å². The van der Waals surface area contributed by atoms with Gasteiger partial charge in [-0.05, 0) is 13.8 Å². The van der Waals surface area contributed by atoms with Crippen LogP contribution in [0.15, 0.2) is 0 Å². The first-order chi connectivity index (χ1) is 5.52. The molecule has 0 aliphatic heterocycles. The van der Waals surface area contributed by atoms with Gasteiger partial charge in [-0.25, -0.2) is 0 Å². The largest absolute Gasteiger partial charge is 0.463 e. The van der Waals surface area contributed by atoms with Crippen LogP contribution in [0.25, 0.3) is 0 Å². The average Bonchev–Trinajstić information content (AvgIpc) is 1.96. The first-order valence-corrected chi connectivity index (χ1v) is 3.85. The van der Waals surface area contributed by atoms with E-state index >= 15 is 0 Å². The molecule has 0 rings (SSSR count). The van der Waals surface area contributed by atoms with E-state index in [1.54, 1.807) is 0 Å². The molecule has 0 aromatic rings. The van der Waals surface area contributed by atoms with Crippen LogP contribution in [0.4, 0.5) is 0 Å². The summed E-state index contributed by atoms with van der Waals surface area (Å²) in [4.78, 5) is 21.2. The number of aliphatic hydroxyl groups excluding tert-OH is 1. The molecule has 5 heteroatoms. The van der Waals surface area contributed by atoms with Gasteiger partial charge in [0.1, 0.15) is 12.4 Å². The maximum atomic E-state index is 10.8. The second kappa shape index (κ2) is 7.70. The highest BCUT2D eigenvalue weighted by Gasteiger charge is 2.05. The first-order valence-electron chi connectivity index (χ1n) is 3.85. The number of aliphatic hydroxyl groups is 1. The van der Waals surface area contributed by atoms with Crippen LogP contribution in [0.3, 0.4) is 0 Å². The molecule has 1 unspecified atom stereocenters. The number of esters is 1. The Morgan fingerprint density at radius 2 is 1.92 bits per heavy atom. The highest BCUT2D eigenvalue weighted by Crippen LogP contribution is 1.94. The molecule has 0 saturated heterocycles. The van der Waals surface area contributed by atoms with E-state index in [1.807, 2.05) is 0 Å². The summed E-state index contributed by atoms with van der Waals surface area (Å²) in [5.41, 5.74) is 0. The van der Waals surface area contributed by atoms with Crippen molar-refractivity contribution in [1.29, 1.82) is 0 Å². The van der Waals surface area contributed by atoms with E-state index in [-0.39, 0.29) is 30.7 Å². The van der Waals surface area contributed by atoms with Gasteiger partial charge in [0.25, 0.3) is 0 Å². The molecular formula is C8H16O5. The van der Waals surface area contributed by atoms with E-state index in [0.29, 0.717) is 0 Å². The van der Waals surface area contributed by atoms with Gasteiger partial charge >= 0.3 is 5.97 Å². The standard InChI is InChI=1S/C8H14O4.H2O/c1-6(9)3-4-8(11)12-5-7(2)10;/h7,10H,3-5H2,1-2H3;1H2. The lowest BCUT2D eigenvalue weighted by molar-refractivity contribution is -0.147. The zero-order chi connectivity index (χ0) is 9.56. The van der Waals surface area contributed by atoms with Crippen molar-refractivity contribution in [2.75, 3.05) is 6.61 Å². The Bertz CT molecular complexity index is 164. The van der Waals surface area contributed by atoms with E-state index in [9.17, 15) is 9.59 Å². The summed E-state index contributed by atoms with van der Waals surface area (Å²) in [6.45, 7) is 2.94. The molecular weight excluding hydrogens is 176 g/mol. The minimum absolute atomic E-state index is 0. The van der Waals surface area contributed by atoms with Crippen molar-refractivity contribution < 1.29 is 24.9 Å². The summed E-state index contributed by atoms with van der Waals surface area (Å²) in [6.07, 6.45) is -0.341. The molecule has 78 valence electrons. The van der Waals surface area contributed by atoms with Crippen LogP contribution in [-0.4, -0.2) is 35.0 Å². The van der Waals surface area contributed by atoms with Gasteiger partial charge in [0, 0.05) is 6.42 Å². The average molecular weight is 192 g/mol. The molecule has 0 radical (unpaired) electrons. The van der Waals surface area contributed by atoms with E-state index in [0.717, 1.165) is 0 Å². The fourth-order valence-corrected chi connectivity index (χ4v) is 0.564. The number of hydrogen-bond donors (Lipinski definition) is 1. The molecule has 0 aliphatic carbocycles. The van der Waals surface area contributed by atoms with Crippen LogP contribution < -0.4 is 0 Å². The topological polar surface area (TPSA) is 95.1 Å². The SMILES string of the molecule is CC(=O)CCC(=O)OCC(C)O.O. The Labute approximate surface area is 77.0 Å². The van der Waals surface area contributed by atoms with Gasteiger partial charge in [-0.1, -0.05) is 0 Å². The Hall–Kier alpha value is -0.940. The second-order valence-corrected chi connectivity index (χ2v) is 2.73. The predicted octanol–water partition coefficient (Wildman–Crippen LogP) is -0.545. The lowest BCUT2D eigenvalue weighted by Gasteiger charge is -2.05. The number of rotatable bonds is 5. The number of ether oxygens (including phenoxy) is 1. The highest BCUT2D eigenvalue weighted by atomic mass is 16.5. The minimum Gasteiger partial charge on any atom is -0.463 e. The van der Waals surface area contributed by atoms with Gasteiger partial charge in [0.2, 0.25) is 0 Å². The minimum atomic E-state index is -0.647. The Morgan fingerprint density at radius 3 is 2.31 bits per heavy atom. The van der Waals surface area contributed by atoms with Gasteiger partial charge in [-0.2, -0.15) is 0 Å². The molecule has 1 atom stereocenters. The molecule has 0 aromatic carbocycles. The Balaban J connectivity index is 0. The lowest BCUT2D eigenvalue weighted by atomic mass is 10.2. The van der Waals surface area contributed by atoms with Crippen LogP contribution in [0.5, 0.6) is 0 Å². The number of ketones is 1. The smallest absolute Gasteiger partial charge is 0.306 e. The van der Waals surface area contributed by atoms with Gasteiger partial charge in [0.05, 0.1) is 12.5 Å². The second-order valence-electron chi connectivity index (χ2n) is 2.73. The van der Waals surface area contributed by atoms with Crippen molar-refractivity contribution in [3.8, 4) is 0 Å². The van der Waals surface area contributed by atoms with Crippen LogP contribution in [0, 0.1) is 0 Å². The van der Waals surface area contributed by atoms with Crippen molar-refractivity contribution in [3.05, 3.63) is 0 Å². The number of carbonyl (C=O) groups excluding carboxylic acids is 2. The maximum absolute atomic E-state index is 10.8. The van der Waals surface area contributed by atoms with E-state index in [2.05, 4.69) is 4.74 Å². The first kappa shape index (κ1) is 14.6. The molecule has 0 amide bonds. The number of Topliss-reactive ketones (excluding diaryl/α,β-unsaturated/α-hetero) is 1. The van der Waals surface area contributed by atoms with Crippen molar-refractivity contribution in [2.24, 2.45) is 0 Å². The van der Waals surface area contributed by atoms with Gasteiger partial charge < -0.3 is 20.1 Å². The van der Waals surface area contributed by atoms with E-state index < -0.39 is 12.1 Å². The fraction of sp³-hybridized carbons (Fsp3) is 0.750. The summed E-state index contributed by atoms with van der Waals surface area (Å²) in [6, 6.07) is 0. The number of hydrogen-bond acceptors (Lipinski definition) is 4. The Kier molecular flexibility index (Phi) is 8.63. The van der Waals surface area contributed by atoms with Crippen LogP contribution in [-0.2, 0) is 14.3 Å². The van der Waals surface area contributed by atoms with Crippen molar-refractivity contribution >= 4 is 11.8 Å². The zero-order valence-corrected chi connectivity index (χ0v) is 7.87.